The Bertz CT molecular complexity index is 409. The first-order valence-electron chi connectivity index (χ1n) is 5.47. The lowest BCUT2D eigenvalue weighted by atomic mass is 9.94. The van der Waals surface area contributed by atoms with Gasteiger partial charge in [0.25, 0.3) is 0 Å². The third-order valence-corrected chi connectivity index (χ3v) is 3.38. The number of carbonyl (C=O) groups excluding carboxylic acids is 1. The van der Waals surface area contributed by atoms with E-state index in [4.69, 9.17) is 0 Å². The van der Waals surface area contributed by atoms with Crippen LogP contribution in [-0.2, 0) is 7.05 Å². The summed E-state index contributed by atoms with van der Waals surface area (Å²) in [4.78, 5) is 12.0. The predicted octanol–water partition coefficient (Wildman–Crippen LogP) is 2.65. The summed E-state index contributed by atoms with van der Waals surface area (Å²) in [6.45, 7) is 0. The largest absolute Gasteiger partial charge is 0.287 e. The van der Waals surface area contributed by atoms with E-state index in [0.717, 1.165) is 12.8 Å². The minimum Gasteiger partial charge on any atom is -0.287 e. The Hall–Kier alpha value is -0.970. The maximum absolute atomic E-state index is 12.0. The van der Waals surface area contributed by atoms with Gasteiger partial charge in [0, 0.05) is 7.05 Å². The molecule has 1 heterocycles. The van der Waals surface area contributed by atoms with Gasteiger partial charge in [0.15, 0.2) is 4.60 Å². The molecule has 0 bridgehead atoms. The van der Waals surface area contributed by atoms with E-state index in [1.165, 1.54) is 29.5 Å². The summed E-state index contributed by atoms with van der Waals surface area (Å²) in [5.74, 6) is -0.00345. The molecule has 0 spiro atoms. The first-order valence-corrected chi connectivity index (χ1v) is 6.26. The molecule has 1 fully saturated rings. The second kappa shape index (κ2) is 4.91. The average molecular weight is 284 g/mol. The van der Waals surface area contributed by atoms with Crippen LogP contribution in [0, 0.1) is 0 Å². The highest BCUT2D eigenvalue weighted by Crippen LogP contribution is 2.23. The molecule has 0 aromatic carbocycles. The molecule has 1 aromatic rings. The van der Waals surface area contributed by atoms with E-state index < -0.39 is 0 Å². The second-order valence-corrected chi connectivity index (χ2v) is 4.83. The third kappa shape index (κ3) is 2.40. The van der Waals surface area contributed by atoms with E-state index in [1.54, 1.807) is 13.1 Å². The molecule has 0 amide bonds. The Morgan fingerprint density at radius 2 is 2.06 bits per heavy atom. The van der Waals surface area contributed by atoms with Gasteiger partial charge in [-0.25, -0.2) is 4.68 Å². The molecule has 86 valence electrons. The molecule has 4 nitrogen and oxygen atoms in total. The number of rotatable bonds is 2. The molecule has 1 aliphatic rings. The van der Waals surface area contributed by atoms with Crippen LogP contribution in [0.2, 0.25) is 0 Å². The average Bonchev–Trinajstić information content (AvgIpc) is 2.60. The number of hydrogen-bond donors (Lipinski definition) is 0. The topological polar surface area (TPSA) is 47.8 Å². The molecular formula is C11H14BrN3O. The normalized spacial score (nSPS) is 16.2. The zero-order valence-electron chi connectivity index (χ0n) is 9.24. The Balaban J connectivity index is 2.19. The molecule has 16 heavy (non-hydrogen) atoms. The van der Waals surface area contributed by atoms with E-state index in [1.807, 2.05) is 0 Å². The van der Waals surface area contributed by atoms with Crippen molar-refractivity contribution in [3.8, 4) is 0 Å². The molecule has 0 saturated heterocycles. The van der Waals surface area contributed by atoms with Crippen molar-refractivity contribution in [2.24, 2.45) is 7.05 Å². The lowest BCUT2D eigenvalue weighted by Crippen LogP contribution is -2.07. The summed E-state index contributed by atoms with van der Waals surface area (Å²) in [5.41, 5.74) is 1.78. The first-order chi connectivity index (χ1) is 7.68. The third-order valence-electron chi connectivity index (χ3n) is 2.85. The van der Waals surface area contributed by atoms with Gasteiger partial charge in [0.05, 0.1) is 0 Å². The molecule has 1 aliphatic carbocycles. The van der Waals surface area contributed by atoms with E-state index >= 15 is 0 Å². The van der Waals surface area contributed by atoms with Crippen LogP contribution in [0.3, 0.4) is 0 Å². The second-order valence-electron chi connectivity index (χ2n) is 4.08. The van der Waals surface area contributed by atoms with E-state index in [2.05, 4.69) is 26.2 Å². The Morgan fingerprint density at radius 1 is 1.38 bits per heavy atom. The number of aryl methyl sites for hydroxylation is 1. The highest BCUT2D eigenvalue weighted by Gasteiger charge is 2.16. The van der Waals surface area contributed by atoms with Gasteiger partial charge in [0.1, 0.15) is 5.69 Å². The van der Waals surface area contributed by atoms with E-state index in [0.29, 0.717) is 10.3 Å². The number of nitrogens with zero attached hydrogens (tertiary/aromatic N) is 3. The number of hydrogen-bond acceptors (Lipinski definition) is 3. The van der Waals surface area contributed by atoms with Gasteiger partial charge in [-0.3, -0.25) is 4.79 Å². The van der Waals surface area contributed by atoms with Crippen LogP contribution in [0.25, 0.3) is 0 Å². The standard InChI is InChI=1S/C11H14BrN3O/c1-15-10(11(12)13-14-15)9(16)7-8-5-3-2-4-6-8/h7H,2-6H2,1H3. The van der Waals surface area contributed by atoms with Gasteiger partial charge in [0.2, 0.25) is 5.78 Å². The lowest BCUT2D eigenvalue weighted by molar-refractivity contribution is 0.103. The number of halogens is 1. The van der Waals surface area contributed by atoms with Gasteiger partial charge >= 0.3 is 0 Å². The highest BCUT2D eigenvalue weighted by molar-refractivity contribution is 9.10. The van der Waals surface area contributed by atoms with Crippen molar-refractivity contribution in [2.75, 3.05) is 0 Å². The Kier molecular flexibility index (Phi) is 3.53. The van der Waals surface area contributed by atoms with Crippen LogP contribution in [0.5, 0.6) is 0 Å². The smallest absolute Gasteiger partial charge is 0.206 e. The molecule has 0 radical (unpaired) electrons. The van der Waals surface area contributed by atoms with Gasteiger partial charge in [-0.15, -0.1) is 5.10 Å². The van der Waals surface area contributed by atoms with E-state index in [9.17, 15) is 4.79 Å². The maximum Gasteiger partial charge on any atom is 0.206 e. The first kappa shape index (κ1) is 11.5. The zero-order valence-corrected chi connectivity index (χ0v) is 10.8. The SMILES string of the molecule is Cn1nnc(Br)c1C(=O)C=C1CCCCC1. The Morgan fingerprint density at radius 3 is 2.62 bits per heavy atom. The van der Waals surface area contributed by atoms with Crippen molar-refractivity contribution in [2.45, 2.75) is 32.1 Å². The summed E-state index contributed by atoms with van der Waals surface area (Å²) in [5, 5.41) is 7.61. The van der Waals surface area contributed by atoms with Gasteiger partial charge in [-0.05, 0) is 47.7 Å². The van der Waals surface area contributed by atoms with Crippen molar-refractivity contribution in [3.05, 3.63) is 21.9 Å². The van der Waals surface area contributed by atoms with Gasteiger partial charge < -0.3 is 0 Å². The highest BCUT2D eigenvalue weighted by atomic mass is 79.9. The molecule has 1 aromatic heterocycles. The van der Waals surface area contributed by atoms with Crippen LogP contribution < -0.4 is 0 Å². The van der Waals surface area contributed by atoms with Crippen molar-refractivity contribution < 1.29 is 4.79 Å². The quantitative estimate of drug-likeness (QED) is 0.619. The fourth-order valence-corrected chi connectivity index (χ4v) is 2.52. The van der Waals surface area contributed by atoms with Crippen LogP contribution in [0.4, 0.5) is 0 Å². The van der Waals surface area contributed by atoms with Crippen LogP contribution >= 0.6 is 15.9 Å². The molecule has 0 unspecified atom stereocenters. The summed E-state index contributed by atoms with van der Waals surface area (Å²) >= 11 is 3.24. The summed E-state index contributed by atoms with van der Waals surface area (Å²) in [6.07, 6.45) is 7.53. The zero-order chi connectivity index (χ0) is 11.5. The predicted molar refractivity (Wildman–Crippen MR) is 64.2 cm³/mol. The molecule has 0 N–H and O–H groups in total. The van der Waals surface area contributed by atoms with Crippen LogP contribution in [0.1, 0.15) is 42.6 Å². The summed E-state index contributed by atoms with van der Waals surface area (Å²) in [6, 6.07) is 0. The fourth-order valence-electron chi connectivity index (χ4n) is 2.00. The fraction of sp³-hybridized carbons (Fsp3) is 0.545. The molecule has 2 rings (SSSR count). The van der Waals surface area contributed by atoms with Crippen molar-refractivity contribution in [3.63, 3.8) is 0 Å². The Labute approximate surface area is 103 Å². The number of carbonyl (C=O) groups is 1. The number of ketones is 1. The number of allylic oxidation sites excluding steroid dienone is 2. The van der Waals surface area contributed by atoms with Crippen molar-refractivity contribution in [1.82, 2.24) is 15.0 Å². The molecule has 0 atom stereocenters. The van der Waals surface area contributed by atoms with Gasteiger partial charge in [-0.2, -0.15) is 0 Å². The monoisotopic (exact) mass is 283 g/mol. The molecular weight excluding hydrogens is 270 g/mol. The minimum atomic E-state index is -0.00345. The van der Waals surface area contributed by atoms with Crippen LogP contribution in [-0.4, -0.2) is 20.8 Å². The lowest BCUT2D eigenvalue weighted by Gasteiger charge is -2.12. The van der Waals surface area contributed by atoms with Crippen molar-refractivity contribution in [1.29, 1.82) is 0 Å². The number of aromatic nitrogens is 3. The molecule has 0 aliphatic heterocycles. The molecule has 1 saturated carbocycles. The minimum absolute atomic E-state index is 0.00345. The van der Waals surface area contributed by atoms with E-state index in [-0.39, 0.29) is 5.78 Å². The van der Waals surface area contributed by atoms with Gasteiger partial charge in [-0.1, -0.05) is 17.2 Å². The van der Waals surface area contributed by atoms with Crippen molar-refractivity contribution >= 4 is 21.7 Å². The maximum atomic E-state index is 12.0. The summed E-state index contributed by atoms with van der Waals surface area (Å²) in [7, 11) is 1.73. The van der Waals surface area contributed by atoms with Crippen LogP contribution in [0.15, 0.2) is 16.3 Å². The summed E-state index contributed by atoms with van der Waals surface area (Å²) < 4.78 is 2.03. The molecule has 5 heteroatoms.